The summed E-state index contributed by atoms with van der Waals surface area (Å²) in [5, 5.41) is 0. The van der Waals surface area contributed by atoms with Crippen molar-refractivity contribution in [2.24, 2.45) is 5.92 Å². The van der Waals surface area contributed by atoms with Crippen molar-refractivity contribution >= 4 is 0 Å². The van der Waals surface area contributed by atoms with E-state index in [0.29, 0.717) is 12.4 Å². The zero-order chi connectivity index (χ0) is 17.5. The van der Waals surface area contributed by atoms with E-state index in [4.69, 9.17) is 4.74 Å². The molecule has 3 rings (SSSR count). The summed E-state index contributed by atoms with van der Waals surface area (Å²) >= 11 is 0. The van der Waals surface area contributed by atoms with E-state index in [1.807, 2.05) is 13.0 Å². The molecule has 2 aliphatic rings. The van der Waals surface area contributed by atoms with Crippen LogP contribution in [0, 0.1) is 18.7 Å². The summed E-state index contributed by atoms with van der Waals surface area (Å²) in [6.45, 7) is 7.49. The molecule has 1 aromatic carbocycles. The first-order chi connectivity index (χ1) is 12.2. The largest absolute Gasteiger partial charge is 0.484 e. The number of aryl methyl sites for hydroxylation is 1. The van der Waals surface area contributed by atoms with Crippen molar-refractivity contribution in [3.8, 4) is 5.75 Å². The fourth-order valence-electron chi connectivity index (χ4n) is 4.92. The van der Waals surface area contributed by atoms with Gasteiger partial charge >= 0.3 is 0 Å². The Morgan fingerprint density at radius 2 is 1.65 bits per heavy atom. The van der Waals surface area contributed by atoms with Crippen LogP contribution in [-0.2, 0) is 32.7 Å². The maximum Gasteiger partial charge on any atom is 0.165 e. The van der Waals surface area contributed by atoms with Crippen LogP contribution in [0.25, 0.3) is 0 Å². The number of hydrogen-bond donors (Lipinski definition) is 0. The van der Waals surface area contributed by atoms with Crippen molar-refractivity contribution in [3.63, 3.8) is 0 Å². The quantitative estimate of drug-likeness (QED) is 0.536. The second-order valence-corrected chi connectivity index (χ2v) is 8.35. The summed E-state index contributed by atoms with van der Waals surface area (Å²) < 4.78 is 21.2. The van der Waals surface area contributed by atoms with E-state index in [1.54, 1.807) is 6.07 Å². The monoisotopic (exact) mass is 437 g/mol. The van der Waals surface area contributed by atoms with Crippen LogP contribution >= 0.6 is 0 Å². The Kier molecular flexibility index (Phi) is 9.54. The van der Waals surface area contributed by atoms with Gasteiger partial charge in [0.2, 0.25) is 0 Å². The van der Waals surface area contributed by atoms with Crippen molar-refractivity contribution in [1.82, 2.24) is 0 Å². The van der Waals surface area contributed by atoms with E-state index >= 15 is 0 Å². The van der Waals surface area contributed by atoms with E-state index < -0.39 is 0 Å². The number of likely N-dealkylation sites (tertiary alicyclic amines) is 1. The Bertz CT molecular complexity index is 517. The fraction of sp³-hybridized carbons (Fsp3) is 0.727. The zero-order valence-corrected chi connectivity index (χ0v) is 19.4. The number of quaternary nitrogens is 1. The summed E-state index contributed by atoms with van der Waals surface area (Å²) in [6.07, 6.45) is 12.5. The van der Waals surface area contributed by atoms with Gasteiger partial charge in [-0.1, -0.05) is 31.4 Å². The normalized spacial score (nSPS) is 20.8. The molecule has 0 amide bonds. The zero-order valence-electron chi connectivity index (χ0n) is 16.5. The molecule has 26 heavy (non-hydrogen) atoms. The third-order valence-corrected chi connectivity index (χ3v) is 6.36. The Morgan fingerprint density at radius 3 is 2.31 bits per heavy atom. The first kappa shape index (κ1) is 22.3. The second kappa shape index (κ2) is 11.1. The van der Waals surface area contributed by atoms with E-state index in [2.05, 4.69) is 0 Å². The molecule has 0 N–H and O–H groups in total. The van der Waals surface area contributed by atoms with Gasteiger partial charge in [0.25, 0.3) is 0 Å². The van der Waals surface area contributed by atoms with Gasteiger partial charge in [0, 0.05) is 38.6 Å². The molecule has 2 nitrogen and oxygen atoms in total. The van der Waals surface area contributed by atoms with Crippen LogP contribution < -0.4 is 4.74 Å². The number of rotatable bonds is 6. The molecule has 4 heteroatoms. The molecule has 1 heterocycles. The molecule has 2 fully saturated rings. The number of benzene rings is 1. The van der Waals surface area contributed by atoms with Crippen molar-refractivity contribution in [2.75, 3.05) is 32.8 Å². The molecular formula is C22H35FNOY+. The number of ether oxygens (including phenoxy) is 1. The Hall–Kier alpha value is 0.0139. The van der Waals surface area contributed by atoms with Crippen molar-refractivity contribution < 1.29 is 46.3 Å². The van der Waals surface area contributed by atoms with Gasteiger partial charge in [0.15, 0.2) is 11.6 Å². The molecule has 1 aliphatic heterocycles. The van der Waals surface area contributed by atoms with Gasteiger partial charge in [-0.15, -0.1) is 0 Å². The Labute approximate surface area is 184 Å². The standard InChI is InChI=1S/C22H35FNO.Y/c1-19-10-9-13-21(23)22(19)25-17-16-24(18-20-11-5-6-12-20)14-7-3-2-4-8-15-24;/h9-10,13,20H,2-8,11-12,14-18H2,1H3;/q+1;. The number of nitrogens with zero attached hydrogens (tertiary/aromatic N) is 1. The minimum atomic E-state index is -0.227. The first-order valence-electron chi connectivity index (χ1n) is 10.4. The van der Waals surface area contributed by atoms with E-state index in [0.717, 1.165) is 18.0 Å². The molecule has 0 spiro atoms. The van der Waals surface area contributed by atoms with E-state index in [1.165, 1.54) is 88.0 Å². The Balaban J connectivity index is 0.00000243. The SMILES string of the molecule is Cc1cccc(F)c1OCC[N+]1(CC2CCCC2)CCCCCCC1.[Y]. The maximum absolute atomic E-state index is 14.0. The minimum absolute atomic E-state index is 0. The summed E-state index contributed by atoms with van der Waals surface area (Å²) in [5.41, 5.74) is 0.898. The molecule has 1 radical (unpaired) electrons. The van der Waals surface area contributed by atoms with E-state index in [9.17, 15) is 4.39 Å². The predicted molar refractivity (Wildman–Crippen MR) is 101 cm³/mol. The summed E-state index contributed by atoms with van der Waals surface area (Å²) in [6, 6.07) is 5.18. The van der Waals surface area contributed by atoms with E-state index in [-0.39, 0.29) is 38.5 Å². The van der Waals surface area contributed by atoms with Gasteiger partial charge in [-0.2, -0.15) is 0 Å². The number of para-hydroxylation sites is 1. The maximum atomic E-state index is 14.0. The average Bonchev–Trinajstić information content (AvgIpc) is 3.07. The summed E-state index contributed by atoms with van der Waals surface area (Å²) in [7, 11) is 0. The topological polar surface area (TPSA) is 9.23 Å². The van der Waals surface area contributed by atoms with Gasteiger partial charge in [-0.3, -0.25) is 0 Å². The molecule has 1 aliphatic carbocycles. The van der Waals surface area contributed by atoms with Crippen LogP contribution in [0.15, 0.2) is 18.2 Å². The second-order valence-electron chi connectivity index (χ2n) is 8.35. The predicted octanol–water partition coefficient (Wildman–Crippen LogP) is 5.48. The van der Waals surface area contributed by atoms with Crippen LogP contribution in [0.1, 0.15) is 63.4 Å². The Morgan fingerprint density at radius 1 is 1.00 bits per heavy atom. The van der Waals surface area contributed by atoms with Crippen molar-refractivity contribution in [3.05, 3.63) is 29.6 Å². The molecule has 0 bridgehead atoms. The molecule has 0 atom stereocenters. The summed E-state index contributed by atoms with van der Waals surface area (Å²) in [5.74, 6) is 1.12. The van der Waals surface area contributed by atoms with Crippen molar-refractivity contribution in [2.45, 2.75) is 64.7 Å². The van der Waals surface area contributed by atoms with Gasteiger partial charge in [0.05, 0.1) is 19.6 Å². The third kappa shape index (κ3) is 6.28. The molecule has 1 aromatic rings. The van der Waals surface area contributed by atoms with Crippen LogP contribution in [0.5, 0.6) is 5.75 Å². The average molecular weight is 437 g/mol. The fourth-order valence-corrected chi connectivity index (χ4v) is 4.92. The number of halogens is 1. The van der Waals surface area contributed by atoms with Crippen molar-refractivity contribution in [1.29, 1.82) is 0 Å². The smallest absolute Gasteiger partial charge is 0.165 e. The van der Waals surface area contributed by atoms with Gasteiger partial charge in [-0.25, -0.2) is 4.39 Å². The molecule has 143 valence electrons. The van der Waals surface area contributed by atoms with Crippen LogP contribution in [0.4, 0.5) is 4.39 Å². The van der Waals surface area contributed by atoms with Crippen LogP contribution in [0.3, 0.4) is 0 Å². The first-order valence-corrected chi connectivity index (χ1v) is 10.4. The van der Waals surface area contributed by atoms with Gasteiger partial charge in [-0.05, 0) is 57.1 Å². The summed E-state index contributed by atoms with van der Waals surface area (Å²) in [4.78, 5) is 0. The molecule has 1 saturated heterocycles. The third-order valence-electron chi connectivity index (χ3n) is 6.36. The molecular weight excluding hydrogens is 402 g/mol. The molecule has 0 aromatic heterocycles. The van der Waals surface area contributed by atoms with Crippen LogP contribution in [0.2, 0.25) is 0 Å². The molecule has 1 saturated carbocycles. The van der Waals surface area contributed by atoms with Gasteiger partial charge < -0.3 is 9.22 Å². The van der Waals surface area contributed by atoms with Gasteiger partial charge in [0.1, 0.15) is 13.2 Å². The molecule has 0 unspecified atom stereocenters. The number of hydrogen-bond acceptors (Lipinski definition) is 1. The minimum Gasteiger partial charge on any atom is -0.484 e. The van der Waals surface area contributed by atoms with Crippen LogP contribution in [-0.4, -0.2) is 37.3 Å².